The van der Waals surface area contributed by atoms with E-state index < -0.39 is 5.97 Å². The number of nitrogens with zero attached hydrogens (tertiary/aromatic N) is 2. The van der Waals surface area contributed by atoms with E-state index in [1.165, 1.54) is 18.2 Å². The molecule has 0 bridgehead atoms. The Morgan fingerprint density at radius 2 is 1.61 bits per heavy atom. The summed E-state index contributed by atoms with van der Waals surface area (Å²) in [5, 5.41) is 26.0. The summed E-state index contributed by atoms with van der Waals surface area (Å²) in [5.41, 5.74) is 0.844. The maximum atomic E-state index is 10.8. The second-order valence-electron chi connectivity index (χ2n) is 3.54. The first-order chi connectivity index (χ1) is 8.66. The number of hydrogen-bond acceptors (Lipinski definition) is 4. The summed E-state index contributed by atoms with van der Waals surface area (Å²) in [6, 6.07) is 13.1. The van der Waals surface area contributed by atoms with Crippen molar-refractivity contribution in [1.29, 1.82) is 0 Å². The van der Waals surface area contributed by atoms with E-state index in [1.807, 2.05) is 18.2 Å². The Hall–Kier alpha value is -2.69. The Balaban J connectivity index is 2.28. The van der Waals surface area contributed by atoms with Crippen molar-refractivity contribution in [3.63, 3.8) is 0 Å². The first-order valence-corrected chi connectivity index (χ1v) is 5.20. The molecular formula is C13H10N2O3. The number of phenols is 1. The molecule has 0 aromatic heterocycles. The summed E-state index contributed by atoms with van der Waals surface area (Å²) < 4.78 is 0. The van der Waals surface area contributed by atoms with Crippen LogP contribution in [0.2, 0.25) is 0 Å². The molecule has 5 heteroatoms. The lowest BCUT2D eigenvalue weighted by Crippen LogP contribution is -1.95. The van der Waals surface area contributed by atoms with Crippen LogP contribution in [0.5, 0.6) is 5.75 Å². The Kier molecular flexibility index (Phi) is 3.33. The minimum absolute atomic E-state index is 0.195. The minimum Gasteiger partial charge on any atom is -0.507 e. The summed E-state index contributed by atoms with van der Waals surface area (Å²) in [6.07, 6.45) is 0. The molecule has 0 aliphatic carbocycles. The van der Waals surface area contributed by atoms with Gasteiger partial charge in [0.25, 0.3) is 0 Å². The quantitative estimate of drug-likeness (QED) is 0.808. The number of hydrogen-bond donors (Lipinski definition) is 2. The van der Waals surface area contributed by atoms with Gasteiger partial charge in [-0.1, -0.05) is 18.2 Å². The van der Waals surface area contributed by atoms with E-state index >= 15 is 0 Å². The third kappa shape index (κ3) is 2.70. The van der Waals surface area contributed by atoms with Crippen molar-refractivity contribution in [2.45, 2.75) is 0 Å². The molecule has 0 aliphatic heterocycles. The zero-order chi connectivity index (χ0) is 13.0. The largest absolute Gasteiger partial charge is 0.507 e. The normalized spacial score (nSPS) is 10.7. The van der Waals surface area contributed by atoms with Crippen LogP contribution < -0.4 is 0 Å². The number of benzene rings is 2. The highest BCUT2D eigenvalue weighted by Gasteiger charge is 2.09. The van der Waals surface area contributed by atoms with Crippen LogP contribution >= 0.6 is 0 Å². The van der Waals surface area contributed by atoms with Crippen molar-refractivity contribution in [2.24, 2.45) is 10.2 Å². The molecule has 0 radical (unpaired) electrons. The monoisotopic (exact) mass is 242 g/mol. The number of carbonyl (C=O) groups is 1. The first-order valence-electron chi connectivity index (χ1n) is 5.20. The van der Waals surface area contributed by atoms with Gasteiger partial charge in [-0.2, -0.15) is 10.2 Å². The molecule has 90 valence electrons. The molecule has 0 spiro atoms. The molecule has 18 heavy (non-hydrogen) atoms. The lowest BCUT2D eigenvalue weighted by Gasteiger charge is -1.99. The van der Waals surface area contributed by atoms with E-state index in [-0.39, 0.29) is 11.3 Å². The van der Waals surface area contributed by atoms with Gasteiger partial charge >= 0.3 is 5.97 Å². The van der Waals surface area contributed by atoms with Gasteiger partial charge in [0.05, 0.1) is 11.4 Å². The van der Waals surface area contributed by atoms with Crippen molar-refractivity contribution in [2.75, 3.05) is 0 Å². The highest BCUT2D eigenvalue weighted by atomic mass is 16.4. The van der Waals surface area contributed by atoms with Crippen LogP contribution in [-0.2, 0) is 0 Å². The van der Waals surface area contributed by atoms with Crippen LogP contribution in [0.25, 0.3) is 0 Å². The molecule has 0 saturated carbocycles. The number of carboxylic acid groups (broad SMARTS) is 1. The summed E-state index contributed by atoms with van der Waals surface area (Å²) in [7, 11) is 0. The van der Waals surface area contributed by atoms with Gasteiger partial charge in [0, 0.05) is 0 Å². The van der Waals surface area contributed by atoms with Gasteiger partial charge in [0.1, 0.15) is 11.3 Å². The molecule has 0 heterocycles. The summed E-state index contributed by atoms with van der Waals surface area (Å²) in [5.74, 6) is -1.49. The van der Waals surface area contributed by atoms with E-state index in [1.54, 1.807) is 12.1 Å². The van der Waals surface area contributed by atoms with Gasteiger partial charge in [-0.3, -0.25) is 0 Å². The number of azo groups is 1. The molecule has 0 fully saturated rings. The van der Waals surface area contributed by atoms with Gasteiger partial charge in [-0.25, -0.2) is 4.79 Å². The third-order valence-corrected chi connectivity index (χ3v) is 2.25. The topological polar surface area (TPSA) is 82.2 Å². The second kappa shape index (κ2) is 5.09. The molecule has 0 aliphatic rings. The van der Waals surface area contributed by atoms with Crippen molar-refractivity contribution >= 4 is 17.3 Å². The average Bonchev–Trinajstić information content (AvgIpc) is 2.38. The molecule has 0 atom stereocenters. The Morgan fingerprint density at radius 3 is 2.28 bits per heavy atom. The highest BCUT2D eigenvalue weighted by Crippen LogP contribution is 2.24. The predicted molar refractivity (Wildman–Crippen MR) is 65.7 cm³/mol. The van der Waals surface area contributed by atoms with Gasteiger partial charge in [0.15, 0.2) is 0 Å². The number of aromatic carboxylic acids is 1. The SMILES string of the molecule is O=C(O)c1cc(/N=N/c2ccccc2)ccc1O. The standard InChI is InChI=1S/C13H10N2O3/c16-12-7-6-10(8-11(12)13(17)18)15-14-9-4-2-1-3-5-9/h1-8,16H,(H,17,18)/b15-14+. The smallest absolute Gasteiger partial charge is 0.339 e. The van der Waals surface area contributed by atoms with E-state index in [0.29, 0.717) is 11.4 Å². The van der Waals surface area contributed by atoms with Gasteiger partial charge < -0.3 is 10.2 Å². The van der Waals surface area contributed by atoms with Crippen LogP contribution in [0.1, 0.15) is 10.4 Å². The fraction of sp³-hybridized carbons (Fsp3) is 0. The summed E-state index contributed by atoms with van der Waals surface area (Å²) in [4.78, 5) is 10.8. The van der Waals surface area contributed by atoms with Crippen LogP contribution in [0.15, 0.2) is 58.8 Å². The highest BCUT2D eigenvalue weighted by molar-refractivity contribution is 5.91. The van der Waals surface area contributed by atoms with Crippen molar-refractivity contribution in [3.05, 3.63) is 54.1 Å². The molecule has 0 unspecified atom stereocenters. The third-order valence-electron chi connectivity index (χ3n) is 2.25. The molecule has 2 aromatic carbocycles. The average molecular weight is 242 g/mol. The minimum atomic E-state index is -1.20. The number of carboxylic acids is 1. The van der Waals surface area contributed by atoms with Gasteiger partial charge in [-0.15, -0.1) is 0 Å². The fourth-order valence-electron chi connectivity index (χ4n) is 1.37. The molecule has 2 aromatic rings. The maximum Gasteiger partial charge on any atom is 0.339 e. The van der Waals surface area contributed by atoms with E-state index in [0.717, 1.165) is 0 Å². The Labute approximate surface area is 103 Å². The first kappa shape index (κ1) is 11.8. The summed E-state index contributed by atoms with van der Waals surface area (Å²) >= 11 is 0. The molecular weight excluding hydrogens is 232 g/mol. The second-order valence-corrected chi connectivity index (χ2v) is 3.54. The van der Waals surface area contributed by atoms with E-state index in [2.05, 4.69) is 10.2 Å². The van der Waals surface area contributed by atoms with Crippen LogP contribution in [0.4, 0.5) is 11.4 Å². The van der Waals surface area contributed by atoms with Crippen molar-refractivity contribution < 1.29 is 15.0 Å². The lowest BCUT2D eigenvalue weighted by atomic mass is 10.2. The molecule has 0 amide bonds. The Morgan fingerprint density at radius 1 is 0.944 bits per heavy atom. The number of rotatable bonds is 3. The van der Waals surface area contributed by atoms with Crippen molar-refractivity contribution in [1.82, 2.24) is 0 Å². The lowest BCUT2D eigenvalue weighted by molar-refractivity contribution is 0.0694. The zero-order valence-corrected chi connectivity index (χ0v) is 9.32. The number of aromatic hydroxyl groups is 1. The molecule has 2 N–H and O–H groups in total. The summed E-state index contributed by atoms with van der Waals surface area (Å²) in [6.45, 7) is 0. The fourth-order valence-corrected chi connectivity index (χ4v) is 1.37. The van der Waals surface area contributed by atoms with E-state index in [4.69, 9.17) is 5.11 Å². The molecule has 0 saturated heterocycles. The van der Waals surface area contributed by atoms with Crippen LogP contribution in [-0.4, -0.2) is 16.2 Å². The van der Waals surface area contributed by atoms with Crippen LogP contribution in [0.3, 0.4) is 0 Å². The zero-order valence-electron chi connectivity index (χ0n) is 9.32. The predicted octanol–water partition coefficient (Wildman–Crippen LogP) is 3.51. The van der Waals surface area contributed by atoms with E-state index in [9.17, 15) is 9.90 Å². The van der Waals surface area contributed by atoms with Crippen LogP contribution in [0, 0.1) is 0 Å². The van der Waals surface area contributed by atoms with Gasteiger partial charge in [0.2, 0.25) is 0 Å². The Bertz CT molecular complexity index is 594. The molecule has 5 nitrogen and oxygen atoms in total. The maximum absolute atomic E-state index is 10.8. The van der Waals surface area contributed by atoms with Crippen molar-refractivity contribution in [3.8, 4) is 5.75 Å². The van der Waals surface area contributed by atoms with Gasteiger partial charge in [-0.05, 0) is 30.3 Å². The molecule has 2 rings (SSSR count).